The van der Waals surface area contributed by atoms with Crippen LogP contribution in [0.5, 0.6) is 0 Å². The Morgan fingerprint density at radius 1 is 0.826 bits per heavy atom. The second-order valence-corrected chi connectivity index (χ2v) is 4.87. The zero-order valence-electron chi connectivity index (χ0n) is 12.2. The van der Waals surface area contributed by atoms with Gasteiger partial charge in [0.05, 0.1) is 12.8 Å². The summed E-state index contributed by atoms with van der Waals surface area (Å²) in [5.41, 5.74) is -5.14. The molecular weight excluding hydrogens is 312 g/mol. The molecule has 9 nitrogen and oxygen atoms in total. The third-order valence-electron chi connectivity index (χ3n) is 2.80. The number of carbonyl (C=O) groups excluding carboxylic acids is 2. The van der Waals surface area contributed by atoms with Crippen LogP contribution < -0.4 is 0 Å². The number of carbonyl (C=O) groups is 4. The minimum atomic E-state index is -2.57. The monoisotopic (exact) mass is 330 g/mol. The standard InChI is InChI=1S/C14H18O9/c1-3-5-13(21,7-9(15)16)11(19)23-12(20)14(22,6-4-2)8-10(17)18/h3-4,21-22H,1-2,5-8H2,(H,15,16)(H,17,18). The normalized spacial score (nSPS) is 15.6. The summed E-state index contributed by atoms with van der Waals surface area (Å²) < 4.78 is 4.29. The fourth-order valence-corrected chi connectivity index (χ4v) is 1.71. The average Bonchev–Trinajstić information content (AvgIpc) is 2.36. The van der Waals surface area contributed by atoms with Crippen molar-refractivity contribution >= 4 is 23.9 Å². The van der Waals surface area contributed by atoms with Crippen molar-refractivity contribution in [2.75, 3.05) is 0 Å². The van der Waals surface area contributed by atoms with Gasteiger partial charge in [0.2, 0.25) is 0 Å². The highest BCUT2D eigenvalue weighted by molar-refractivity contribution is 5.97. The van der Waals surface area contributed by atoms with E-state index in [0.29, 0.717) is 0 Å². The lowest BCUT2D eigenvalue weighted by atomic mass is 9.94. The molecule has 23 heavy (non-hydrogen) atoms. The predicted molar refractivity (Wildman–Crippen MR) is 75.1 cm³/mol. The molecule has 128 valence electrons. The van der Waals surface area contributed by atoms with Gasteiger partial charge in [0, 0.05) is 12.8 Å². The first-order valence-corrected chi connectivity index (χ1v) is 6.37. The molecule has 0 aromatic heterocycles. The van der Waals surface area contributed by atoms with Crippen molar-refractivity contribution in [1.82, 2.24) is 0 Å². The molecule has 0 aliphatic carbocycles. The summed E-state index contributed by atoms with van der Waals surface area (Å²) in [5, 5.41) is 37.3. The summed E-state index contributed by atoms with van der Waals surface area (Å²) in [4.78, 5) is 45.1. The first-order chi connectivity index (χ1) is 10.5. The zero-order chi connectivity index (χ0) is 18.3. The van der Waals surface area contributed by atoms with Crippen LogP contribution in [-0.2, 0) is 23.9 Å². The van der Waals surface area contributed by atoms with E-state index in [2.05, 4.69) is 17.9 Å². The number of rotatable bonds is 10. The maximum atomic E-state index is 11.8. The zero-order valence-corrected chi connectivity index (χ0v) is 12.2. The number of ether oxygens (including phenoxy) is 1. The van der Waals surface area contributed by atoms with E-state index < -0.39 is 60.8 Å². The Labute approximate surface area is 131 Å². The summed E-state index contributed by atoms with van der Waals surface area (Å²) in [6, 6.07) is 0. The largest absolute Gasteiger partial charge is 0.481 e. The number of esters is 2. The molecule has 0 heterocycles. The quantitative estimate of drug-likeness (QED) is 0.238. The molecule has 0 spiro atoms. The van der Waals surface area contributed by atoms with Crippen molar-refractivity contribution in [2.45, 2.75) is 36.9 Å². The smallest absolute Gasteiger partial charge is 0.346 e. The fraction of sp³-hybridized carbons (Fsp3) is 0.429. The van der Waals surface area contributed by atoms with E-state index in [9.17, 15) is 29.4 Å². The molecule has 0 aliphatic rings. The van der Waals surface area contributed by atoms with Gasteiger partial charge in [-0.1, -0.05) is 12.2 Å². The van der Waals surface area contributed by atoms with Gasteiger partial charge in [-0.15, -0.1) is 13.2 Å². The molecule has 0 fully saturated rings. The number of hydrogen-bond acceptors (Lipinski definition) is 7. The van der Waals surface area contributed by atoms with Gasteiger partial charge in [-0.2, -0.15) is 0 Å². The third-order valence-corrected chi connectivity index (χ3v) is 2.80. The Kier molecular flexibility index (Phi) is 7.30. The predicted octanol–water partition coefficient (Wildman–Crippen LogP) is -0.380. The van der Waals surface area contributed by atoms with Crippen LogP contribution in [0.1, 0.15) is 25.7 Å². The van der Waals surface area contributed by atoms with Gasteiger partial charge in [-0.3, -0.25) is 9.59 Å². The van der Waals surface area contributed by atoms with Crippen LogP contribution in [0.3, 0.4) is 0 Å². The summed E-state index contributed by atoms with van der Waals surface area (Å²) in [5.74, 6) is -6.33. The van der Waals surface area contributed by atoms with Gasteiger partial charge in [0.1, 0.15) is 0 Å². The van der Waals surface area contributed by atoms with Gasteiger partial charge in [-0.25, -0.2) is 9.59 Å². The van der Waals surface area contributed by atoms with Crippen molar-refractivity contribution in [3.05, 3.63) is 25.3 Å². The topological polar surface area (TPSA) is 158 Å². The third kappa shape index (κ3) is 6.01. The van der Waals surface area contributed by atoms with E-state index in [1.165, 1.54) is 0 Å². The van der Waals surface area contributed by atoms with Crippen molar-refractivity contribution in [1.29, 1.82) is 0 Å². The fourth-order valence-electron chi connectivity index (χ4n) is 1.71. The lowest BCUT2D eigenvalue weighted by Gasteiger charge is -2.26. The maximum Gasteiger partial charge on any atom is 0.346 e. The van der Waals surface area contributed by atoms with E-state index in [4.69, 9.17) is 10.2 Å². The molecule has 0 rings (SSSR count). The highest BCUT2D eigenvalue weighted by Crippen LogP contribution is 2.23. The Morgan fingerprint density at radius 3 is 1.35 bits per heavy atom. The van der Waals surface area contributed by atoms with Gasteiger partial charge < -0.3 is 25.2 Å². The van der Waals surface area contributed by atoms with Crippen molar-refractivity contribution < 1.29 is 44.3 Å². The molecule has 0 bridgehead atoms. The number of hydrogen-bond donors (Lipinski definition) is 4. The Hall–Kier alpha value is -2.52. The molecule has 2 atom stereocenters. The minimum absolute atomic E-state index is 0.524. The summed E-state index contributed by atoms with van der Waals surface area (Å²) in [7, 11) is 0. The summed E-state index contributed by atoms with van der Waals surface area (Å²) >= 11 is 0. The SMILES string of the molecule is C=CCC(O)(CC(=O)O)C(=O)OC(=O)C(O)(CC=C)CC(=O)O. The van der Waals surface area contributed by atoms with Crippen molar-refractivity contribution in [3.63, 3.8) is 0 Å². The Morgan fingerprint density at radius 2 is 1.13 bits per heavy atom. The molecule has 0 amide bonds. The molecule has 0 radical (unpaired) electrons. The van der Waals surface area contributed by atoms with Gasteiger partial charge in [-0.05, 0) is 0 Å². The van der Waals surface area contributed by atoms with Crippen LogP contribution in [0.4, 0.5) is 0 Å². The van der Waals surface area contributed by atoms with Crippen LogP contribution in [0.25, 0.3) is 0 Å². The van der Waals surface area contributed by atoms with Gasteiger partial charge in [0.15, 0.2) is 11.2 Å². The molecule has 0 saturated carbocycles. The van der Waals surface area contributed by atoms with Crippen LogP contribution in [0.15, 0.2) is 25.3 Å². The average molecular weight is 330 g/mol. The molecule has 9 heteroatoms. The van der Waals surface area contributed by atoms with E-state index in [1.54, 1.807) is 0 Å². The number of carboxylic acid groups (broad SMARTS) is 2. The van der Waals surface area contributed by atoms with E-state index in [0.717, 1.165) is 12.2 Å². The van der Waals surface area contributed by atoms with Gasteiger partial charge in [0.25, 0.3) is 0 Å². The van der Waals surface area contributed by atoms with Crippen molar-refractivity contribution in [2.24, 2.45) is 0 Å². The second-order valence-electron chi connectivity index (χ2n) is 4.87. The number of aliphatic hydroxyl groups is 2. The molecule has 4 N–H and O–H groups in total. The van der Waals surface area contributed by atoms with Crippen LogP contribution in [-0.4, -0.2) is 55.5 Å². The second kappa shape index (κ2) is 8.20. The summed E-state index contributed by atoms with van der Waals surface area (Å²) in [6.45, 7) is 6.49. The Bertz CT molecular complexity index is 478. The van der Waals surface area contributed by atoms with E-state index in [-0.39, 0.29) is 0 Å². The molecule has 0 aliphatic heterocycles. The van der Waals surface area contributed by atoms with Crippen molar-refractivity contribution in [3.8, 4) is 0 Å². The Balaban J connectivity index is 5.32. The number of carboxylic acids is 2. The molecular formula is C14H18O9. The van der Waals surface area contributed by atoms with Crippen LogP contribution >= 0.6 is 0 Å². The molecule has 0 aromatic carbocycles. The molecule has 0 aromatic rings. The first-order valence-electron chi connectivity index (χ1n) is 6.37. The lowest BCUT2D eigenvalue weighted by Crippen LogP contribution is -2.48. The minimum Gasteiger partial charge on any atom is -0.481 e. The molecule has 0 saturated heterocycles. The summed E-state index contributed by atoms with van der Waals surface area (Å²) in [6.07, 6.45) is -1.09. The van der Waals surface area contributed by atoms with Crippen LogP contribution in [0, 0.1) is 0 Å². The lowest BCUT2D eigenvalue weighted by molar-refractivity contribution is -0.188. The van der Waals surface area contributed by atoms with E-state index >= 15 is 0 Å². The maximum absolute atomic E-state index is 11.8. The highest BCUT2D eigenvalue weighted by Gasteiger charge is 2.45. The number of aliphatic carboxylic acids is 2. The van der Waals surface area contributed by atoms with Gasteiger partial charge >= 0.3 is 23.9 Å². The van der Waals surface area contributed by atoms with Crippen LogP contribution in [0.2, 0.25) is 0 Å². The van der Waals surface area contributed by atoms with E-state index in [1.807, 2.05) is 0 Å². The first kappa shape index (κ1) is 20.5. The molecule has 2 unspecified atom stereocenters. The highest BCUT2D eigenvalue weighted by atomic mass is 16.6.